The molecule has 1 heterocycles. The Morgan fingerprint density at radius 2 is 2.11 bits per heavy atom. The minimum atomic E-state index is 0.442. The van der Waals surface area contributed by atoms with Crippen LogP contribution in [-0.2, 0) is 0 Å². The summed E-state index contributed by atoms with van der Waals surface area (Å²) in [6.45, 7) is 7.11. The summed E-state index contributed by atoms with van der Waals surface area (Å²) in [4.78, 5) is 8.28. The predicted octanol–water partition coefficient (Wildman–Crippen LogP) is 2.69. The minimum Gasteiger partial charge on any atom is -0.476 e. The van der Waals surface area contributed by atoms with Crippen LogP contribution in [0.3, 0.4) is 0 Å². The molecule has 0 radical (unpaired) electrons. The largest absolute Gasteiger partial charge is 0.476 e. The van der Waals surface area contributed by atoms with Crippen molar-refractivity contribution in [2.24, 2.45) is 11.8 Å². The molecule has 19 heavy (non-hydrogen) atoms. The fourth-order valence-electron chi connectivity index (χ4n) is 2.62. The van der Waals surface area contributed by atoms with E-state index in [4.69, 9.17) is 10.5 Å². The number of hydrogen-bond acceptors (Lipinski definition) is 5. The van der Waals surface area contributed by atoms with Crippen LogP contribution in [0.15, 0.2) is 6.33 Å². The predicted molar refractivity (Wildman–Crippen MR) is 77.2 cm³/mol. The van der Waals surface area contributed by atoms with Gasteiger partial charge in [-0.3, -0.25) is 0 Å². The Labute approximate surface area is 115 Å². The lowest BCUT2D eigenvalue weighted by Gasteiger charge is -2.33. The van der Waals surface area contributed by atoms with E-state index in [1.165, 1.54) is 19.2 Å². The second-order valence-electron chi connectivity index (χ2n) is 5.48. The maximum atomic E-state index is 6.04. The van der Waals surface area contributed by atoms with E-state index in [9.17, 15) is 0 Å². The van der Waals surface area contributed by atoms with Gasteiger partial charge in [0.05, 0.1) is 6.61 Å². The SMILES string of the molecule is CCOc1ncnc(NC2CCC(C)C(C)C2)c1N. The lowest BCUT2D eigenvalue weighted by molar-refractivity contribution is 0.260. The highest BCUT2D eigenvalue weighted by molar-refractivity contribution is 5.66. The molecule has 1 aromatic rings. The number of nitrogens with two attached hydrogens (primary N) is 1. The highest BCUT2D eigenvalue weighted by Crippen LogP contribution is 2.32. The maximum absolute atomic E-state index is 6.04. The van der Waals surface area contributed by atoms with Crippen LogP contribution in [0.4, 0.5) is 11.5 Å². The Hall–Kier alpha value is -1.52. The summed E-state index contributed by atoms with van der Waals surface area (Å²) < 4.78 is 5.39. The van der Waals surface area contributed by atoms with E-state index >= 15 is 0 Å². The summed E-state index contributed by atoms with van der Waals surface area (Å²) in [5.74, 6) is 2.71. The third-order valence-electron chi connectivity index (χ3n) is 4.07. The summed E-state index contributed by atoms with van der Waals surface area (Å²) in [7, 11) is 0. The van der Waals surface area contributed by atoms with E-state index in [1.54, 1.807) is 0 Å². The summed E-state index contributed by atoms with van der Waals surface area (Å²) >= 11 is 0. The molecule has 1 aromatic heterocycles. The van der Waals surface area contributed by atoms with Crippen LogP contribution in [0, 0.1) is 11.8 Å². The molecule has 0 aromatic carbocycles. The third-order valence-corrected chi connectivity index (χ3v) is 4.07. The maximum Gasteiger partial charge on any atom is 0.242 e. The molecule has 3 unspecified atom stereocenters. The molecule has 0 saturated heterocycles. The first-order valence-electron chi connectivity index (χ1n) is 7.11. The third kappa shape index (κ3) is 3.28. The van der Waals surface area contributed by atoms with Crippen molar-refractivity contribution in [3.8, 4) is 5.88 Å². The molecule has 5 nitrogen and oxygen atoms in total. The fourth-order valence-corrected chi connectivity index (χ4v) is 2.62. The summed E-state index contributed by atoms with van der Waals surface area (Å²) in [5, 5.41) is 3.44. The van der Waals surface area contributed by atoms with Gasteiger partial charge in [0.25, 0.3) is 0 Å². The van der Waals surface area contributed by atoms with Crippen LogP contribution < -0.4 is 15.8 Å². The molecule has 3 N–H and O–H groups in total. The van der Waals surface area contributed by atoms with Crippen LogP contribution in [0.5, 0.6) is 5.88 Å². The van der Waals surface area contributed by atoms with E-state index in [1.807, 2.05) is 6.92 Å². The quantitative estimate of drug-likeness (QED) is 0.874. The van der Waals surface area contributed by atoms with E-state index in [0.29, 0.717) is 30.0 Å². The van der Waals surface area contributed by atoms with Gasteiger partial charge in [-0.25, -0.2) is 4.98 Å². The van der Waals surface area contributed by atoms with Gasteiger partial charge < -0.3 is 15.8 Å². The number of ether oxygens (including phenoxy) is 1. The molecule has 1 aliphatic rings. The number of nitrogens with zero attached hydrogens (tertiary/aromatic N) is 2. The van der Waals surface area contributed by atoms with Crippen molar-refractivity contribution >= 4 is 11.5 Å². The highest BCUT2D eigenvalue weighted by Gasteiger charge is 2.25. The zero-order chi connectivity index (χ0) is 13.8. The van der Waals surface area contributed by atoms with Gasteiger partial charge in [-0.1, -0.05) is 13.8 Å². The molecule has 106 valence electrons. The molecule has 0 bridgehead atoms. The van der Waals surface area contributed by atoms with Crippen molar-refractivity contribution in [1.29, 1.82) is 0 Å². The molecular formula is C14H24N4O. The van der Waals surface area contributed by atoms with Gasteiger partial charge in [-0.05, 0) is 38.0 Å². The summed E-state index contributed by atoms with van der Waals surface area (Å²) in [5.41, 5.74) is 6.55. The Morgan fingerprint density at radius 3 is 2.79 bits per heavy atom. The van der Waals surface area contributed by atoms with Crippen LogP contribution in [0.1, 0.15) is 40.0 Å². The lowest BCUT2D eigenvalue weighted by atomic mass is 9.79. The normalized spacial score (nSPS) is 27.0. The van der Waals surface area contributed by atoms with Crippen molar-refractivity contribution < 1.29 is 4.74 Å². The molecule has 1 saturated carbocycles. The Bertz CT molecular complexity index is 424. The van der Waals surface area contributed by atoms with E-state index in [2.05, 4.69) is 29.1 Å². The monoisotopic (exact) mass is 264 g/mol. The summed E-state index contributed by atoms with van der Waals surface area (Å²) in [6, 6.07) is 0.442. The van der Waals surface area contributed by atoms with Gasteiger partial charge in [0.15, 0.2) is 5.82 Å². The molecule has 3 atom stereocenters. The molecule has 1 aliphatic carbocycles. The average Bonchev–Trinajstić information content (AvgIpc) is 2.39. The van der Waals surface area contributed by atoms with Crippen LogP contribution in [0.25, 0.3) is 0 Å². The zero-order valence-electron chi connectivity index (χ0n) is 12.0. The fraction of sp³-hybridized carbons (Fsp3) is 0.714. The molecule has 5 heteroatoms. The highest BCUT2D eigenvalue weighted by atomic mass is 16.5. The van der Waals surface area contributed by atoms with Crippen LogP contribution in [-0.4, -0.2) is 22.6 Å². The van der Waals surface area contributed by atoms with Gasteiger partial charge in [0.2, 0.25) is 5.88 Å². The van der Waals surface area contributed by atoms with E-state index < -0.39 is 0 Å². The average molecular weight is 264 g/mol. The second-order valence-corrected chi connectivity index (χ2v) is 5.48. The molecule has 1 fully saturated rings. The van der Waals surface area contributed by atoms with Gasteiger partial charge in [-0.15, -0.1) is 0 Å². The van der Waals surface area contributed by atoms with Crippen molar-refractivity contribution in [3.63, 3.8) is 0 Å². The smallest absolute Gasteiger partial charge is 0.242 e. The summed E-state index contributed by atoms with van der Waals surface area (Å²) in [6.07, 6.45) is 5.08. The molecule has 2 rings (SSSR count). The molecular weight excluding hydrogens is 240 g/mol. The van der Waals surface area contributed by atoms with Crippen LogP contribution >= 0.6 is 0 Å². The second kappa shape index (κ2) is 6.08. The van der Waals surface area contributed by atoms with Gasteiger partial charge >= 0.3 is 0 Å². The van der Waals surface area contributed by atoms with Crippen molar-refractivity contribution in [2.75, 3.05) is 17.7 Å². The Morgan fingerprint density at radius 1 is 1.32 bits per heavy atom. The lowest BCUT2D eigenvalue weighted by Crippen LogP contribution is -2.31. The Kier molecular flexibility index (Phi) is 4.45. The molecule has 0 spiro atoms. The van der Waals surface area contributed by atoms with Crippen molar-refractivity contribution in [3.05, 3.63) is 6.33 Å². The van der Waals surface area contributed by atoms with Gasteiger partial charge in [-0.2, -0.15) is 4.98 Å². The van der Waals surface area contributed by atoms with Crippen LogP contribution in [0.2, 0.25) is 0 Å². The topological polar surface area (TPSA) is 73.1 Å². The first kappa shape index (κ1) is 13.9. The number of nitrogens with one attached hydrogen (secondary N) is 1. The number of anilines is 2. The van der Waals surface area contributed by atoms with E-state index in [0.717, 1.165) is 18.3 Å². The molecule has 0 aliphatic heterocycles. The number of aromatic nitrogens is 2. The number of nitrogen functional groups attached to an aromatic ring is 1. The van der Waals surface area contributed by atoms with Crippen molar-refractivity contribution in [1.82, 2.24) is 9.97 Å². The number of rotatable bonds is 4. The first-order chi connectivity index (χ1) is 9.11. The minimum absolute atomic E-state index is 0.442. The zero-order valence-corrected chi connectivity index (χ0v) is 12.0. The van der Waals surface area contributed by atoms with Crippen molar-refractivity contribution in [2.45, 2.75) is 46.1 Å². The Balaban J connectivity index is 2.05. The number of hydrogen-bond donors (Lipinski definition) is 2. The molecule has 0 amide bonds. The standard InChI is InChI=1S/C14H24N4O/c1-4-19-14-12(15)13(16-8-17-14)18-11-6-5-9(2)10(3)7-11/h8-11H,4-7,15H2,1-3H3,(H,16,17,18). The van der Waals surface area contributed by atoms with Gasteiger partial charge in [0, 0.05) is 6.04 Å². The van der Waals surface area contributed by atoms with Gasteiger partial charge in [0.1, 0.15) is 12.0 Å². The first-order valence-corrected chi connectivity index (χ1v) is 7.11. The van der Waals surface area contributed by atoms with E-state index in [-0.39, 0.29) is 0 Å².